The third-order valence-corrected chi connectivity index (χ3v) is 2.38. The van der Waals surface area contributed by atoms with E-state index in [-0.39, 0.29) is 0 Å². The SMILES string of the molecule is CNCC1CC(C)=CC(C)C1. The summed E-state index contributed by atoms with van der Waals surface area (Å²) in [6.07, 6.45) is 5.06. The van der Waals surface area contributed by atoms with E-state index in [0.29, 0.717) is 0 Å². The van der Waals surface area contributed by atoms with Gasteiger partial charge in [-0.2, -0.15) is 0 Å². The molecule has 0 radical (unpaired) electrons. The van der Waals surface area contributed by atoms with Gasteiger partial charge in [0.05, 0.1) is 0 Å². The Bertz CT molecular complexity index is 149. The van der Waals surface area contributed by atoms with Gasteiger partial charge in [-0.05, 0) is 45.2 Å². The maximum Gasteiger partial charge on any atom is -0.00202 e. The Morgan fingerprint density at radius 3 is 2.91 bits per heavy atom. The van der Waals surface area contributed by atoms with Crippen LogP contribution in [0.3, 0.4) is 0 Å². The molecular weight excluding hydrogens is 134 g/mol. The molecule has 1 nitrogen and oxygen atoms in total. The van der Waals surface area contributed by atoms with Crippen molar-refractivity contribution in [2.45, 2.75) is 26.7 Å². The van der Waals surface area contributed by atoms with Gasteiger partial charge in [-0.15, -0.1) is 0 Å². The fourth-order valence-corrected chi connectivity index (χ4v) is 2.13. The van der Waals surface area contributed by atoms with Crippen molar-refractivity contribution in [2.75, 3.05) is 13.6 Å². The molecule has 2 unspecified atom stereocenters. The van der Waals surface area contributed by atoms with Crippen LogP contribution in [0.25, 0.3) is 0 Å². The van der Waals surface area contributed by atoms with Gasteiger partial charge in [0.15, 0.2) is 0 Å². The molecule has 0 aromatic carbocycles. The van der Waals surface area contributed by atoms with Crippen LogP contribution in [0.4, 0.5) is 0 Å². The molecule has 0 aromatic rings. The van der Waals surface area contributed by atoms with E-state index < -0.39 is 0 Å². The zero-order valence-electron chi connectivity index (χ0n) is 7.85. The minimum absolute atomic E-state index is 0.794. The lowest BCUT2D eigenvalue weighted by Crippen LogP contribution is -2.23. The van der Waals surface area contributed by atoms with E-state index in [2.05, 4.69) is 25.2 Å². The second-order valence-corrected chi connectivity index (χ2v) is 3.85. The highest BCUT2D eigenvalue weighted by Crippen LogP contribution is 2.26. The molecule has 0 saturated carbocycles. The van der Waals surface area contributed by atoms with Crippen LogP contribution in [0.15, 0.2) is 11.6 Å². The smallest absolute Gasteiger partial charge is 0.00202 e. The van der Waals surface area contributed by atoms with Gasteiger partial charge in [0.25, 0.3) is 0 Å². The lowest BCUT2D eigenvalue weighted by molar-refractivity contribution is 0.392. The van der Waals surface area contributed by atoms with Crippen molar-refractivity contribution in [1.29, 1.82) is 0 Å². The molecule has 1 rings (SSSR count). The summed E-state index contributed by atoms with van der Waals surface area (Å²) in [7, 11) is 2.04. The molecule has 11 heavy (non-hydrogen) atoms. The van der Waals surface area contributed by atoms with Crippen molar-refractivity contribution >= 4 is 0 Å². The van der Waals surface area contributed by atoms with E-state index in [1.807, 2.05) is 7.05 Å². The maximum absolute atomic E-state index is 3.25. The summed E-state index contributed by atoms with van der Waals surface area (Å²) in [6.45, 7) is 5.74. The summed E-state index contributed by atoms with van der Waals surface area (Å²) in [5, 5.41) is 3.25. The van der Waals surface area contributed by atoms with Crippen molar-refractivity contribution in [3.8, 4) is 0 Å². The Hall–Kier alpha value is -0.300. The summed E-state index contributed by atoms with van der Waals surface area (Å²) >= 11 is 0. The van der Waals surface area contributed by atoms with Gasteiger partial charge in [-0.3, -0.25) is 0 Å². The fourth-order valence-electron chi connectivity index (χ4n) is 2.13. The number of nitrogens with one attached hydrogen (secondary N) is 1. The predicted molar refractivity (Wildman–Crippen MR) is 49.6 cm³/mol. The van der Waals surface area contributed by atoms with E-state index in [1.165, 1.54) is 19.4 Å². The summed E-state index contributed by atoms with van der Waals surface area (Å²) in [5.41, 5.74) is 1.57. The van der Waals surface area contributed by atoms with Gasteiger partial charge < -0.3 is 5.32 Å². The number of hydrogen-bond donors (Lipinski definition) is 1. The Kier molecular flexibility index (Phi) is 3.13. The van der Waals surface area contributed by atoms with E-state index in [0.717, 1.165) is 11.8 Å². The first-order valence-corrected chi connectivity index (χ1v) is 4.54. The minimum Gasteiger partial charge on any atom is -0.319 e. The molecule has 0 amide bonds. The molecule has 2 atom stereocenters. The van der Waals surface area contributed by atoms with Gasteiger partial charge >= 0.3 is 0 Å². The largest absolute Gasteiger partial charge is 0.319 e. The Morgan fingerprint density at radius 2 is 2.36 bits per heavy atom. The fraction of sp³-hybridized carbons (Fsp3) is 0.800. The van der Waals surface area contributed by atoms with Gasteiger partial charge in [-0.1, -0.05) is 18.6 Å². The average molecular weight is 153 g/mol. The van der Waals surface area contributed by atoms with Crippen molar-refractivity contribution in [3.63, 3.8) is 0 Å². The quantitative estimate of drug-likeness (QED) is 0.600. The van der Waals surface area contributed by atoms with Gasteiger partial charge in [0, 0.05) is 0 Å². The molecule has 0 bridgehead atoms. The average Bonchev–Trinajstić information content (AvgIpc) is 1.85. The normalized spacial score (nSPS) is 31.7. The molecule has 1 heteroatoms. The van der Waals surface area contributed by atoms with Crippen LogP contribution < -0.4 is 5.32 Å². The number of allylic oxidation sites excluding steroid dienone is 2. The summed E-state index contributed by atoms with van der Waals surface area (Å²) in [5.74, 6) is 1.67. The standard InChI is InChI=1S/C10H19N/c1-8-4-9(2)6-10(5-8)7-11-3/h4,8,10-11H,5-7H2,1-3H3. The van der Waals surface area contributed by atoms with E-state index in [9.17, 15) is 0 Å². The third-order valence-electron chi connectivity index (χ3n) is 2.38. The predicted octanol–water partition coefficient (Wildman–Crippen LogP) is 2.20. The van der Waals surface area contributed by atoms with Crippen LogP contribution in [0.5, 0.6) is 0 Å². The molecule has 1 aliphatic rings. The maximum atomic E-state index is 3.25. The molecule has 0 heterocycles. The van der Waals surface area contributed by atoms with Crippen molar-refractivity contribution in [2.24, 2.45) is 11.8 Å². The Morgan fingerprint density at radius 1 is 1.64 bits per heavy atom. The highest BCUT2D eigenvalue weighted by atomic mass is 14.8. The molecule has 0 saturated heterocycles. The molecular formula is C10H19N. The Labute approximate surface area is 69.9 Å². The third kappa shape index (κ3) is 2.66. The van der Waals surface area contributed by atoms with Gasteiger partial charge in [0.2, 0.25) is 0 Å². The molecule has 0 spiro atoms. The minimum atomic E-state index is 0.794. The lowest BCUT2D eigenvalue weighted by atomic mass is 9.84. The van der Waals surface area contributed by atoms with E-state index in [4.69, 9.17) is 0 Å². The van der Waals surface area contributed by atoms with Crippen LogP contribution >= 0.6 is 0 Å². The highest BCUT2D eigenvalue weighted by molar-refractivity contribution is 5.06. The number of hydrogen-bond acceptors (Lipinski definition) is 1. The van der Waals surface area contributed by atoms with Crippen molar-refractivity contribution in [1.82, 2.24) is 5.32 Å². The van der Waals surface area contributed by atoms with Crippen molar-refractivity contribution in [3.05, 3.63) is 11.6 Å². The van der Waals surface area contributed by atoms with Crippen LogP contribution in [-0.2, 0) is 0 Å². The van der Waals surface area contributed by atoms with E-state index >= 15 is 0 Å². The molecule has 64 valence electrons. The van der Waals surface area contributed by atoms with E-state index in [1.54, 1.807) is 5.57 Å². The topological polar surface area (TPSA) is 12.0 Å². The Balaban J connectivity index is 2.43. The molecule has 1 aliphatic carbocycles. The van der Waals surface area contributed by atoms with Crippen molar-refractivity contribution < 1.29 is 0 Å². The first-order valence-electron chi connectivity index (χ1n) is 4.54. The molecule has 0 aromatic heterocycles. The van der Waals surface area contributed by atoms with Gasteiger partial charge in [0.1, 0.15) is 0 Å². The second-order valence-electron chi connectivity index (χ2n) is 3.85. The molecule has 1 N–H and O–H groups in total. The zero-order chi connectivity index (χ0) is 8.27. The first kappa shape index (κ1) is 8.79. The second kappa shape index (κ2) is 3.91. The first-order chi connectivity index (χ1) is 5.22. The zero-order valence-corrected chi connectivity index (χ0v) is 7.85. The summed E-state index contributed by atoms with van der Waals surface area (Å²) < 4.78 is 0. The lowest BCUT2D eigenvalue weighted by Gasteiger charge is -2.24. The van der Waals surface area contributed by atoms with Crippen LogP contribution in [-0.4, -0.2) is 13.6 Å². The monoisotopic (exact) mass is 153 g/mol. The molecule has 0 aliphatic heterocycles. The number of rotatable bonds is 2. The van der Waals surface area contributed by atoms with Crippen LogP contribution in [0, 0.1) is 11.8 Å². The van der Waals surface area contributed by atoms with Crippen LogP contribution in [0.1, 0.15) is 26.7 Å². The molecule has 0 fully saturated rings. The summed E-state index contributed by atoms with van der Waals surface area (Å²) in [6, 6.07) is 0. The highest BCUT2D eigenvalue weighted by Gasteiger charge is 2.16. The van der Waals surface area contributed by atoms with Crippen LogP contribution in [0.2, 0.25) is 0 Å². The van der Waals surface area contributed by atoms with Gasteiger partial charge in [-0.25, -0.2) is 0 Å². The summed E-state index contributed by atoms with van der Waals surface area (Å²) in [4.78, 5) is 0.